The molecule has 0 fully saturated rings. The third-order valence-electron chi connectivity index (χ3n) is 5.48. The van der Waals surface area contributed by atoms with Gasteiger partial charge in [0.05, 0.1) is 16.4 Å². The summed E-state index contributed by atoms with van der Waals surface area (Å²) in [7, 11) is 0. The second kappa shape index (κ2) is 22.0. The number of hydrogen-bond donors (Lipinski definition) is 2. The Kier molecular flexibility index (Phi) is 20.2. The molecular formula is C30H26BrCl4F2KN4O6. The topological polar surface area (TPSA) is 163 Å². The van der Waals surface area contributed by atoms with E-state index in [-0.39, 0.29) is 96.1 Å². The van der Waals surface area contributed by atoms with Crippen LogP contribution in [0.25, 0.3) is 0 Å². The minimum atomic E-state index is -1.10. The van der Waals surface area contributed by atoms with Crippen LogP contribution in [0.5, 0.6) is 11.8 Å². The number of aromatic nitrogens is 2. The largest absolute Gasteiger partial charge is 1.00 e. The Morgan fingerprint density at radius 1 is 0.771 bits per heavy atom. The van der Waals surface area contributed by atoms with Crippen LogP contribution in [0, 0.1) is 11.9 Å². The Balaban J connectivity index is 0.000000391. The van der Waals surface area contributed by atoms with E-state index in [4.69, 9.17) is 72.1 Å². The number of carbonyl (C=O) groups is 2. The van der Waals surface area contributed by atoms with E-state index in [0.717, 1.165) is 11.1 Å². The summed E-state index contributed by atoms with van der Waals surface area (Å²) >= 11 is 25.2. The zero-order chi connectivity index (χ0) is 35.3. The molecule has 0 saturated heterocycles. The third kappa shape index (κ3) is 14.1. The smallest absolute Gasteiger partial charge is 0.857 e. The summed E-state index contributed by atoms with van der Waals surface area (Å²) in [5, 5.41) is 9.25. The Morgan fingerprint density at radius 2 is 1.19 bits per heavy atom. The molecule has 48 heavy (non-hydrogen) atoms. The second-order valence-corrected chi connectivity index (χ2v) is 11.9. The molecule has 0 aliphatic rings. The molecule has 4 N–H and O–H groups in total. The van der Waals surface area contributed by atoms with E-state index in [1.807, 2.05) is 60.7 Å². The van der Waals surface area contributed by atoms with Gasteiger partial charge in [0, 0.05) is 5.88 Å². The van der Waals surface area contributed by atoms with E-state index in [2.05, 4.69) is 25.9 Å². The number of esters is 2. The van der Waals surface area contributed by atoms with Crippen molar-refractivity contribution in [2.45, 2.75) is 38.0 Å². The number of pyridine rings is 2. The summed E-state index contributed by atoms with van der Waals surface area (Å²) in [5.74, 6) is -4.25. The van der Waals surface area contributed by atoms with Gasteiger partial charge in [0.1, 0.15) is 33.1 Å². The summed E-state index contributed by atoms with van der Waals surface area (Å²) in [5.41, 5.74) is 12.0. The van der Waals surface area contributed by atoms with Crippen LogP contribution in [0.4, 0.5) is 20.2 Å². The minimum Gasteiger partial charge on any atom is -0.857 e. The molecule has 0 radical (unpaired) electrons. The molecule has 18 heteroatoms. The van der Waals surface area contributed by atoms with Crippen LogP contribution in [0.2, 0.25) is 20.1 Å². The first-order valence-electron chi connectivity index (χ1n) is 13.1. The van der Waals surface area contributed by atoms with Crippen LogP contribution in [-0.2, 0) is 32.3 Å². The molecule has 2 heterocycles. The first kappa shape index (κ1) is 44.0. The number of benzene rings is 2. The van der Waals surface area contributed by atoms with Gasteiger partial charge in [-0.3, -0.25) is 4.79 Å². The predicted octanol–water partition coefficient (Wildman–Crippen LogP) is 4.32. The summed E-state index contributed by atoms with van der Waals surface area (Å²) in [6.07, 6.45) is -1.05. The van der Waals surface area contributed by atoms with Gasteiger partial charge in [0.25, 0.3) is 0 Å². The van der Waals surface area contributed by atoms with Gasteiger partial charge >= 0.3 is 63.3 Å². The fraction of sp³-hybridized carbons (Fsp3) is 0.200. The molecule has 0 spiro atoms. The van der Waals surface area contributed by atoms with E-state index in [1.54, 1.807) is 6.92 Å². The summed E-state index contributed by atoms with van der Waals surface area (Å²) in [6, 6.07) is 18.7. The number of hydrogen-bond acceptors (Lipinski definition) is 10. The van der Waals surface area contributed by atoms with Crippen molar-refractivity contribution in [3.05, 3.63) is 104 Å². The molecule has 0 aliphatic carbocycles. The molecular weight excluding hydrogens is 811 g/mol. The van der Waals surface area contributed by atoms with E-state index < -0.39 is 39.9 Å². The van der Waals surface area contributed by atoms with E-state index in [0.29, 0.717) is 6.61 Å². The molecule has 252 valence electrons. The van der Waals surface area contributed by atoms with Crippen LogP contribution < -0.4 is 72.7 Å². The maximum Gasteiger partial charge on any atom is 1.00 e. The number of alkyl halides is 1. The average molecular weight is 837 g/mol. The van der Waals surface area contributed by atoms with E-state index in [1.165, 1.54) is 6.92 Å². The average Bonchev–Trinajstić information content (AvgIpc) is 3.07. The Bertz CT molecular complexity index is 1640. The summed E-state index contributed by atoms with van der Waals surface area (Å²) < 4.78 is 41.2. The number of halogens is 7. The fourth-order valence-electron chi connectivity index (χ4n) is 3.00. The van der Waals surface area contributed by atoms with Crippen molar-refractivity contribution in [1.29, 1.82) is 0 Å². The molecule has 0 saturated carbocycles. The standard InChI is InChI=1S/C15H13Cl2FN2O3.C10H11BrO2.C5H3Cl2FN2O.K/c1-8(15(21)22-7-9-5-3-2-4-6-9)23-14-11(17)12(19)10(16)13(18)20-14;1-8(11)10(12)13-7-9-5-3-2-4-6-9;6-1-3(9)2(7)5(11)10-4(1)8;/h2-6,8H,7H2,1H3,(H2,19,20);2-6,8H,7H2,1H3;(H3,9,10,11);/q;;;+1/p-1. The molecule has 4 aromatic rings. The SMILES string of the molecule is CC(Br)C(=O)OCc1ccccc1.CC(Oc1nc(F)c(Cl)c(N)c1Cl)C(=O)OCc1ccccc1.Nc1c(Cl)c([O-])nc(F)c1Cl.[K+]. The van der Waals surface area contributed by atoms with Crippen LogP contribution in [0.1, 0.15) is 25.0 Å². The van der Waals surface area contributed by atoms with Gasteiger partial charge in [-0.2, -0.15) is 13.8 Å². The molecule has 10 nitrogen and oxygen atoms in total. The molecule has 0 aliphatic heterocycles. The van der Waals surface area contributed by atoms with Crippen LogP contribution >= 0.6 is 62.3 Å². The normalized spacial score (nSPS) is 11.3. The second-order valence-electron chi connectivity index (χ2n) is 9.06. The van der Waals surface area contributed by atoms with Gasteiger partial charge in [0.2, 0.25) is 17.8 Å². The number of anilines is 2. The number of carbonyl (C=O) groups excluding carboxylic acids is 2. The van der Waals surface area contributed by atoms with Crippen molar-refractivity contribution >= 4 is 85.6 Å². The van der Waals surface area contributed by atoms with E-state index in [9.17, 15) is 23.5 Å². The first-order chi connectivity index (χ1) is 22.1. The van der Waals surface area contributed by atoms with Crippen LogP contribution in [0.15, 0.2) is 60.7 Å². The van der Waals surface area contributed by atoms with Gasteiger partial charge in [-0.1, -0.05) is 123 Å². The number of rotatable bonds is 8. The molecule has 2 unspecified atom stereocenters. The maximum absolute atomic E-state index is 13.5. The minimum absolute atomic E-state index is 0. The monoisotopic (exact) mass is 834 g/mol. The van der Waals surface area contributed by atoms with Gasteiger partial charge in [-0.05, 0) is 25.0 Å². The van der Waals surface area contributed by atoms with Gasteiger partial charge in [-0.25, -0.2) is 9.78 Å². The fourth-order valence-corrected chi connectivity index (χ4v) is 3.82. The Labute approximate surface area is 345 Å². The Morgan fingerprint density at radius 3 is 1.65 bits per heavy atom. The summed E-state index contributed by atoms with van der Waals surface area (Å²) in [6.45, 7) is 3.60. The van der Waals surface area contributed by atoms with Crippen LogP contribution in [-0.4, -0.2) is 32.8 Å². The zero-order valence-corrected chi connectivity index (χ0v) is 33.2. The number of nitrogens with zero attached hydrogens (tertiary/aromatic N) is 2. The maximum atomic E-state index is 13.5. The van der Waals surface area contributed by atoms with Crippen molar-refractivity contribution < 1.29 is 89.1 Å². The van der Waals surface area contributed by atoms with Crippen molar-refractivity contribution in [2.75, 3.05) is 11.5 Å². The third-order valence-corrected chi connectivity index (χ3v) is 7.30. The predicted molar refractivity (Wildman–Crippen MR) is 178 cm³/mol. The molecule has 0 bridgehead atoms. The summed E-state index contributed by atoms with van der Waals surface area (Å²) in [4.78, 5) is 29.0. The van der Waals surface area contributed by atoms with E-state index >= 15 is 0 Å². The van der Waals surface area contributed by atoms with Crippen LogP contribution in [0.3, 0.4) is 0 Å². The molecule has 4 rings (SSSR count). The first-order valence-corrected chi connectivity index (χ1v) is 15.5. The quantitative estimate of drug-likeness (QED) is 0.113. The Hall–Kier alpha value is -1.98. The van der Waals surface area contributed by atoms with Crippen molar-refractivity contribution in [3.8, 4) is 11.8 Å². The van der Waals surface area contributed by atoms with Crippen molar-refractivity contribution in [2.24, 2.45) is 0 Å². The van der Waals surface area contributed by atoms with Crippen molar-refractivity contribution in [1.82, 2.24) is 9.97 Å². The van der Waals surface area contributed by atoms with Gasteiger partial charge in [0.15, 0.2) is 6.10 Å². The number of nitrogens with two attached hydrogens (primary N) is 2. The van der Waals surface area contributed by atoms with Crippen molar-refractivity contribution in [3.63, 3.8) is 0 Å². The zero-order valence-electron chi connectivity index (χ0n) is 25.5. The number of ether oxygens (including phenoxy) is 3. The van der Waals surface area contributed by atoms with Gasteiger partial charge in [-0.15, -0.1) is 0 Å². The number of nitrogen functional groups attached to an aromatic ring is 2. The molecule has 2 atom stereocenters. The molecule has 0 amide bonds. The molecule has 2 aromatic carbocycles. The van der Waals surface area contributed by atoms with Gasteiger partial charge < -0.3 is 30.8 Å². The molecule has 2 aromatic heterocycles.